The first-order valence-corrected chi connectivity index (χ1v) is 8.66. The molecule has 1 aromatic carbocycles. The topological polar surface area (TPSA) is 77.5 Å². The third-order valence-electron chi connectivity index (χ3n) is 3.32. The molecule has 23 heavy (non-hydrogen) atoms. The number of aryl methyl sites for hydroxylation is 1. The summed E-state index contributed by atoms with van der Waals surface area (Å²) in [7, 11) is -0.603. The van der Waals surface area contributed by atoms with Crippen LogP contribution in [0.2, 0.25) is 0 Å². The molecule has 0 bridgehead atoms. The van der Waals surface area contributed by atoms with Crippen molar-refractivity contribution < 1.29 is 17.9 Å². The number of benzene rings is 1. The van der Waals surface area contributed by atoms with Crippen molar-refractivity contribution in [3.8, 4) is 11.5 Å². The third-order valence-corrected chi connectivity index (χ3v) is 4.78. The molecule has 0 saturated carbocycles. The van der Waals surface area contributed by atoms with Gasteiger partial charge in [0.2, 0.25) is 10.0 Å². The predicted octanol–water partition coefficient (Wildman–Crippen LogP) is 2.01. The zero-order valence-corrected chi connectivity index (χ0v) is 14.0. The predicted molar refractivity (Wildman–Crippen MR) is 87.3 cm³/mol. The van der Waals surface area contributed by atoms with Gasteiger partial charge in [0.25, 0.3) is 0 Å². The Bertz CT molecular complexity index is 733. The first-order chi connectivity index (χ1) is 11.1. The van der Waals surface area contributed by atoms with Crippen LogP contribution >= 0.6 is 0 Å². The van der Waals surface area contributed by atoms with Crippen LogP contribution in [0.5, 0.6) is 11.5 Å². The molecule has 6 nitrogen and oxygen atoms in total. The van der Waals surface area contributed by atoms with Gasteiger partial charge in [-0.15, -0.1) is 0 Å². The van der Waals surface area contributed by atoms with E-state index in [1.165, 1.54) is 26.4 Å². The summed E-state index contributed by atoms with van der Waals surface area (Å²) in [5.74, 6) is 0.869. The van der Waals surface area contributed by atoms with Gasteiger partial charge in [0.1, 0.15) is 0 Å². The number of methoxy groups -OCH3 is 2. The zero-order valence-electron chi connectivity index (χ0n) is 13.2. The summed E-state index contributed by atoms with van der Waals surface area (Å²) < 4.78 is 37.4. The first kappa shape index (κ1) is 17.2. The maximum absolute atomic E-state index is 12.3. The van der Waals surface area contributed by atoms with Crippen molar-refractivity contribution in [2.24, 2.45) is 0 Å². The fourth-order valence-electron chi connectivity index (χ4n) is 2.11. The van der Waals surface area contributed by atoms with E-state index < -0.39 is 10.0 Å². The van der Waals surface area contributed by atoms with Crippen LogP contribution in [0.3, 0.4) is 0 Å². The Balaban J connectivity index is 1.96. The number of ether oxygens (including phenoxy) is 2. The van der Waals surface area contributed by atoms with Crippen LogP contribution < -0.4 is 14.2 Å². The van der Waals surface area contributed by atoms with Gasteiger partial charge in [0.05, 0.1) is 19.1 Å². The number of sulfonamides is 1. The van der Waals surface area contributed by atoms with E-state index in [1.807, 2.05) is 12.1 Å². The molecular formula is C16H20N2O4S. The molecule has 0 radical (unpaired) electrons. The average molecular weight is 336 g/mol. The lowest BCUT2D eigenvalue weighted by atomic mass is 10.2. The van der Waals surface area contributed by atoms with E-state index >= 15 is 0 Å². The summed E-state index contributed by atoms with van der Waals surface area (Å²) in [6.07, 6.45) is 4.95. The van der Waals surface area contributed by atoms with Crippen molar-refractivity contribution in [1.29, 1.82) is 0 Å². The van der Waals surface area contributed by atoms with E-state index in [0.29, 0.717) is 24.5 Å². The first-order valence-electron chi connectivity index (χ1n) is 7.17. The van der Waals surface area contributed by atoms with E-state index in [2.05, 4.69) is 9.71 Å². The molecule has 0 unspecified atom stereocenters. The molecule has 1 heterocycles. The van der Waals surface area contributed by atoms with Gasteiger partial charge in [-0.25, -0.2) is 13.1 Å². The second-order valence-electron chi connectivity index (χ2n) is 4.88. The van der Waals surface area contributed by atoms with Crippen LogP contribution in [0.25, 0.3) is 0 Å². The molecule has 0 fully saturated rings. The normalized spacial score (nSPS) is 11.2. The minimum Gasteiger partial charge on any atom is -0.493 e. The highest BCUT2D eigenvalue weighted by Gasteiger charge is 2.16. The smallest absolute Gasteiger partial charge is 0.240 e. The van der Waals surface area contributed by atoms with Gasteiger partial charge in [0.15, 0.2) is 11.5 Å². The molecule has 0 atom stereocenters. The van der Waals surface area contributed by atoms with Crippen molar-refractivity contribution in [2.45, 2.75) is 17.7 Å². The minimum absolute atomic E-state index is 0.150. The average Bonchev–Trinajstić information content (AvgIpc) is 2.59. The van der Waals surface area contributed by atoms with Crippen LogP contribution in [-0.2, 0) is 16.4 Å². The molecule has 124 valence electrons. The van der Waals surface area contributed by atoms with Gasteiger partial charge in [-0.05, 0) is 36.6 Å². The van der Waals surface area contributed by atoms with Crippen molar-refractivity contribution in [3.63, 3.8) is 0 Å². The molecule has 0 aliphatic carbocycles. The fourth-order valence-corrected chi connectivity index (χ4v) is 3.20. The van der Waals surface area contributed by atoms with Crippen LogP contribution in [0.15, 0.2) is 47.6 Å². The maximum Gasteiger partial charge on any atom is 0.240 e. The Kier molecular flexibility index (Phi) is 5.95. The highest BCUT2D eigenvalue weighted by Crippen LogP contribution is 2.29. The third kappa shape index (κ3) is 4.67. The van der Waals surface area contributed by atoms with Gasteiger partial charge < -0.3 is 9.47 Å². The SMILES string of the molecule is COc1ccc(S(=O)(=O)NCCCc2cccnc2)cc1OC. The van der Waals surface area contributed by atoms with Crippen LogP contribution in [0.4, 0.5) is 0 Å². The monoisotopic (exact) mass is 336 g/mol. The summed E-state index contributed by atoms with van der Waals surface area (Å²) in [6, 6.07) is 8.34. The molecule has 0 saturated heterocycles. The minimum atomic E-state index is -3.57. The lowest BCUT2D eigenvalue weighted by molar-refractivity contribution is 0.354. The van der Waals surface area contributed by atoms with E-state index in [0.717, 1.165) is 12.0 Å². The van der Waals surface area contributed by atoms with E-state index in [9.17, 15) is 8.42 Å². The van der Waals surface area contributed by atoms with Crippen LogP contribution in [-0.4, -0.2) is 34.2 Å². The second-order valence-corrected chi connectivity index (χ2v) is 6.65. The molecule has 0 spiro atoms. The fraction of sp³-hybridized carbons (Fsp3) is 0.312. The molecule has 0 aliphatic heterocycles. The Labute approximate surface area is 136 Å². The Morgan fingerprint density at radius 2 is 1.91 bits per heavy atom. The summed E-state index contributed by atoms with van der Waals surface area (Å²) >= 11 is 0. The molecule has 0 amide bonds. The lowest BCUT2D eigenvalue weighted by Gasteiger charge is -2.11. The maximum atomic E-state index is 12.3. The number of hydrogen-bond acceptors (Lipinski definition) is 5. The van der Waals surface area contributed by atoms with Gasteiger partial charge >= 0.3 is 0 Å². The number of pyridine rings is 1. The van der Waals surface area contributed by atoms with Gasteiger partial charge in [-0.3, -0.25) is 4.98 Å². The van der Waals surface area contributed by atoms with Gasteiger partial charge in [-0.1, -0.05) is 6.07 Å². The zero-order chi connectivity index (χ0) is 16.7. The van der Waals surface area contributed by atoms with Crippen LogP contribution in [0.1, 0.15) is 12.0 Å². The number of hydrogen-bond donors (Lipinski definition) is 1. The Hall–Kier alpha value is -2.12. The summed E-state index contributed by atoms with van der Waals surface area (Å²) in [4.78, 5) is 4.18. The van der Waals surface area contributed by atoms with Crippen molar-refractivity contribution in [2.75, 3.05) is 20.8 Å². The van der Waals surface area contributed by atoms with E-state index in [4.69, 9.17) is 9.47 Å². The standard InChI is InChI=1S/C16H20N2O4S/c1-21-15-8-7-14(11-16(15)22-2)23(19,20)18-10-4-6-13-5-3-9-17-12-13/h3,5,7-9,11-12,18H,4,6,10H2,1-2H3. The molecule has 7 heteroatoms. The number of rotatable bonds is 8. The van der Waals surface area contributed by atoms with Crippen molar-refractivity contribution >= 4 is 10.0 Å². The van der Waals surface area contributed by atoms with Crippen molar-refractivity contribution in [3.05, 3.63) is 48.3 Å². The molecule has 0 aliphatic rings. The summed E-state index contributed by atoms with van der Waals surface area (Å²) in [5.41, 5.74) is 1.08. The summed E-state index contributed by atoms with van der Waals surface area (Å²) in [6.45, 7) is 0.353. The highest BCUT2D eigenvalue weighted by molar-refractivity contribution is 7.89. The summed E-state index contributed by atoms with van der Waals surface area (Å²) in [5, 5.41) is 0. The molecular weight excluding hydrogens is 316 g/mol. The largest absolute Gasteiger partial charge is 0.493 e. The molecule has 2 aromatic rings. The molecule has 1 N–H and O–H groups in total. The Morgan fingerprint density at radius 3 is 2.57 bits per heavy atom. The van der Waals surface area contributed by atoms with Gasteiger partial charge in [0, 0.05) is 25.0 Å². The Morgan fingerprint density at radius 1 is 1.13 bits per heavy atom. The number of nitrogens with zero attached hydrogens (tertiary/aromatic N) is 1. The van der Waals surface area contributed by atoms with Gasteiger partial charge in [-0.2, -0.15) is 0 Å². The van der Waals surface area contributed by atoms with Crippen molar-refractivity contribution in [1.82, 2.24) is 9.71 Å². The lowest BCUT2D eigenvalue weighted by Crippen LogP contribution is -2.25. The molecule has 2 rings (SSSR count). The highest BCUT2D eigenvalue weighted by atomic mass is 32.2. The number of aromatic nitrogens is 1. The second kappa shape index (κ2) is 7.94. The quantitative estimate of drug-likeness (QED) is 0.746. The number of nitrogens with one attached hydrogen (secondary N) is 1. The molecule has 1 aromatic heterocycles. The van der Waals surface area contributed by atoms with E-state index in [1.54, 1.807) is 18.5 Å². The van der Waals surface area contributed by atoms with Crippen LogP contribution in [0, 0.1) is 0 Å². The van der Waals surface area contributed by atoms with E-state index in [-0.39, 0.29) is 4.90 Å².